The zero-order valence-electron chi connectivity index (χ0n) is 13.0. The van der Waals surface area contributed by atoms with Crippen LogP contribution in [-0.2, 0) is 4.74 Å². The van der Waals surface area contributed by atoms with Crippen LogP contribution in [-0.4, -0.2) is 24.7 Å². The lowest BCUT2D eigenvalue weighted by Crippen LogP contribution is -2.38. The van der Waals surface area contributed by atoms with E-state index in [0.29, 0.717) is 23.7 Å². The number of hydrogen-bond acceptors (Lipinski definition) is 3. The lowest BCUT2D eigenvalue weighted by atomic mass is 10.1. The minimum atomic E-state index is -0.275. The largest absolute Gasteiger partial charge is 0.370 e. The van der Waals surface area contributed by atoms with Crippen molar-refractivity contribution in [2.45, 2.75) is 6.10 Å². The fourth-order valence-corrected chi connectivity index (χ4v) is 3.43. The molecule has 0 amide bonds. The molecule has 1 saturated heterocycles. The maximum atomic E-state index is 13.5. The smallest absolute Gasteiger partial charge is 0.125 e. The van der Waals surface area contributed by atoms with Crippen molar-refractivity contribution in [3.8, 4) is 0 Å². The van der Waals surface area contributed by atoms with Crippen molar-refractivity contribution < 1.29 is 9.13 Å². The van der Waals surface area contributed by atoms with Gasteiger partial charge in [-0.25, -0.2) is 4.39 Å². The van der Waals surface area contributed by atoms with Crippen molar-refractivity contribution in [1.29, 1.82) is 0 Å². The molecule has 122 valence electrons. The first-order valence-corrected chi connectivity index (χ1v) is 8.25. The van der Waals surface area contributed by atoms with Gasteiger partial charge in [0.1, 0.15) is 11.9 Å². The zero-order chi connectivity index (χ0) is 16.5. The number of fused-ring (bicyclic) bond motifs is 1. The summed E-state index contributed by atoms with van der Waals surface area (Å²) in [5, 5.41) is 1.66. The maximum Gasteiger partial charge on any atom is 0.125 e. The summed E-state index contributed by atoms with van der Waals surface area (Å²) in [6.07, 6.45) is 1.63. The topological polar surface area (TPSA) is 25.4 Å². The summed E-state index contributed by atoms with van der Waals surface area (Å²) in [6.45, 7) is 2.08. The second-order valence-electron chi connectivity index (χ2n) is 5.82. The standard InChI is InChI=1S/C19H16ClFN2O/c20-16-4-2-1-3-14(16)19-12-23(9-10-24-19)18-7-8-22-17-11-13(21)5-6-15(17)18/h1-8,11,19H,9-10,12H2. The van der Waals surface area contributed by atoms with Crippen LogP contribution in [0, 0.1) is 5.82 Å². The summed E-state index contributed by atoms with van der Waals surface area (Å²) in [7, 11) is 0. The zero-order valence-corrected chi connectivity index (χ0v) is 13.7. The number of halogens is 2. The van der Waals surface area contributed by atoms with Crippen LogP contribution in [0.4, 0.5) is 10.1 Å². The highest BCUT2D eigenvalue weighted by molar-refractivity contribution is 6.31. The van der Waals surface area contributed by atoms with Crippen LogP contribution in [0.15, 0.2) is 54.7 Å². The van der Waals surface area contributed by atoms with Crippen LogP contribution in [0.3, 0.4) is 0 Å². The highest BCUT2D eigenvalue weighted by Gasteiger charge is 2.24. The number of morpholine rings is 1. The van der Waals surface area contributed by atoms with Gasteiger partial charge in [-0.1, -0.05) is 29.8 Å². The molecule has 0 N–H and O–H groups in total. The number of pyridine rings is 1. The Hall–Kier alpha value is -2.17. The second-order valence-corrected chi connectivity index (χ2v) is 6.23. The molecule has 1 atom stereocenters. The lowest BCUT2D eigenvalue weighted by molar-refractivity contribution is 0.0399. The number of nitrogens with zero attached hydrogens (tertiary/aromatic N) is 2. The van der Waals surface area contributed by atoms with Gasteiger partial charge in [0, 0.05) is 47.0 Å². The summed E-state index contributed by atoms with van der Waals surface area (Å²) in [6, 6.07) is 14.4. The third kappa shape index (κ3) is 2.83. The molecule has 3 nitrogen and oxygen atoms in total. The van der Waals surface area contributed by atoms with Crippen molar-refractivity contribution in [3.05, 3.63) is 71.1 Å². The van der Waals surface area contributed by atoms with Crippen molar-refractivity contribution in [2.75, 3.05) is 24.6 Å². The van der Waals surface area contributed by atoms with Crippen molar-refractivity contribution >= 4 is 28.2 Å². The van der Waals surface area contributed by atoms with Gasteiger partial charge in [0.05, 0.1) is 12.1 Å². The first kappa shape index (κ1) is 15.4. The van der Waals surface area contributed by atoms with E-state index in [1.165, 1.54) is 12.1 Å². The van der Waals surface area contributed by atoms with Gasteiger partial charge in [0.15, 0.2) is 0 Å². The van der Waals surface area contributed by atoms with E-state index < -0.39 is 0 Å². The van der Waals surface area contributed by atoms with Crippen LogP contribution < -0.4 is 4.90 Å². The Morgan fingerprint density at radius 1 is 1.17 bits per heavy atom. The van der Waals surface area contributed by atoms with Gasteiger partial charge in [-0.3, -0.25) is 4.98 Å². The average Bonchev–Trinajstić information content (AvgIpc) is 2.61. The highest BCUT2D eigenvalue weighted by atomic mass is 35.5. The van der Waals surface area contributed by atoms with Gasteiger partial charge in [-0.15, -0.1) is 0 Å². The summed E-state index contributed by atoms with van der Waals surface area (Å²) in [4.78, 5) is 6.52. The first-order valence-electron chi connectivity index (χ1n) is 7.87. The number of aromatic nitrogens is 1. The number of hydrogen-bond donors (Lipinski definition) is 0. The molecule has 5 heteroatoms. The van der Waals surface area contributed by atoms with Crippen LogP contribution >= 0.6 is 11.6 Å². The van der Waals surface area contributed by atoms with E-state index >= 15 is 0 Å². The molecular weight excluding hydrogens is 327 g/mol. The average molecular weight is 343 g/mol. The van der Waals surface area contributed by atoms with Crippen molar-refractivity contribution in [3.63, 3.8) is 0 Å². The van der Waals surface area contributed by atoms with Crippen molar-refractivity contribution in [1.82, 2.24) is 4.98 Å². The number of benzene rings is 2. The molecule has 1 aliphatic rings. The van der Waals surface area contributed by atoms with Gasteiger partial charge < -0.3 is 9.64 Å². The molecule has 0 bridgehead atoms. The normalized spacial score (nSPS) is 18.1. The van der Waals surface area contributed by atoms with Gasteiger partial charge in [-0.2, -0.15) is 0 Å². The van der Waals surface area contributed by atoms with Crippen molar-refractivity contribution in [2.24, 2.45) is 0 Å². The fourth-order valence-electron chi connectivity index (χ4n) is 3.17. The predicted molar refractivity (Wildman–Crippen MR) is 94.1 cm³/mol. The monoisotopic (exact) mass is 342 g/mol. The van der Waals surface area contributed by atoms with Crippen LogP contribution in [0.1, 0.15) is 11.7 Å². The molecule has 3 aromatic rings. The number of ether oxygens (including phenoxy) is 1. The SMILES string of the molecule is Fc1ccc2c(N3CCOC(c4ccccc4Cl)C3)ccnc2c1. The Morgan fingerprint density at radius 3 is 2.92 bits per heavy atom. The minimum Gasteiger partial charge on any atom is -0.370 e. The maximum absolute atomic E-state index is 13.5. The molecular formula is C19H16ClFN2O. The molecule has 1 aromatic heterocycles. The fraction of sp³-hybridized carbons (Fsp3) is 0.211. The van der Waals surface area contributed by atoms with Gasteiger partial charge in [0.25, 0.3) is 0 Å². The van der Waals surface area contributed by atoms with E-state index in [9.17, 15) is 4.39 Å². The van der Waals surface area contributed by atoms with E-state index in [1.807, 2.05) is 30.3 Å². The number of anilines is 1. The molecule has 2 aromatic carbocycles. The Morgan fingerprint density at radius 2 is 2.04 bits per heavy atom. The van der Waals surface area contributed by atoms with Gasteiger partial charge in [0.2, 0.25) is 0 Å². The Labute approximate surface area is 144 Å². The third-order valence-corrected chi connectivity index (χ3v) is 4.69. The molecule has 0 saturated carbocycles. The third-order valence-electron chi connectivity index (χ3n) is 4.34. The number of rotatable bonds is 2. The quantitative estimate of drug-likeness (QED) is 0.680. The lowest BCUT2D eigenvalue weighted by Gasteiger charge is -2.35. The Bertz CT molecular complexity index is 886. The molecule has 1 fully saturated rings. The second kappa shape index (κ2) is 6.38. The predicted octanol–water partition coefficient (Wildman–Crippen LogP) is 4.61. The van der Waals surface area contributed by atoms with E-state index in [0.717, 1.165) is 23.2 Å². The summed E-state index contributed by atoms with van der Waals surface area (Å²) >= 11 is 6.31. The Balaban J connectivity index is 1.69. The van der Waals surface area contributed by atoms with E-state index in [1.54, 1.807) is 12.3 Å². The Kier molecular flexibility index (Phi) is 4.08. The van der Waals surface area contributed by atoms with Crippen LogP contribution in [0.25, 0.3) is 10.9 Å². The summed E-state index contributed by atoms with van der Waals surface area (Å²) in [5.41, 5.74) is 2.70. The molecule has 0 radical (unpaired) electrons. The minimum absolute atomic E-state index is 0.0869. The van der Waals surface area contributed by atoms with Crippen LogP contribution in [0.5, 0.6) is 0 Å². The molecule has 0 aliphatic carbocycles. The highest BCUT2D eigenvalue weighted by Crippen LogP contribution is 2.33. The molecule has 2 heterocycles. The molecule has 0 spiro atoms. The molecule has 4 rings (SSSR count). The van der Waals surface area contributed by atoms with E-state index in [-0.39, 0.29) is 11.9 Å². The summed E-state index contributed by atoms with van der Waals surface area (Å²) < 4.78 is 19.4. The molecule has 24 heavy (non-hydrogen) atoms. The van der Waals surface area contributed by atoms with Gasteiger partial charge in [-0.05, 0) is 24.3 Å². The summed E-state index contributed by atoms with van der Waals surface area (Å²) in [5.74, 6) is -0.275. The first-order chi connectivity index (χ1) is 11.7. The van der Waals surface area contributed by atoms with E-state index in [4.69, 9.17) is 16.3 Å². The molecule has 1 aliphatic heterocycles. The van der Waals surface area contributed by atoms with Crippen LogP contribution in [0.2, 0.25) is 5.02 Å². The van der Waals surface area contributed by atoms with Gasteiger partial charge >= 0.3 is 0 Å². The molecule has 1 unspecified atom stereocenters. The van der Waals surface area contributed by atoms with E-state index in [2.05, 4.69) is 9.88 Å².